The van der Waals surface area contributed by atoms with Crippen molar-refractivity contribution in [1.82, 2.24) is 25.1 Å². The number of para-hydroxylation sites is 3. The Morgan fingerprint density at radius 3 is 2.52 bits per heavy atom. The normalized spacial score (nSPS) is 11.4. The fourth-order valence-electron chi connectivity index (χ4n) is 3.83. The summed E-state index contributed by atoms with van der Waals surface area (Å²) in [5.41, 5.74) is 0.385. The molecule has 0 spiro atoms. The number of nitriles is 1. The molecule has 0 fully saturated rings. The Bertz CT molecular complexity index is 1470. The molecule has 1 atom stereocenters. The summed E-state index contributed by atoms with van der Waals surface area (Å²) in [6.07, 6.45) is 0.171. The van der Waals surface area contributed by atoms with Gasteiger partial charge in [-0.3, -0.25) is 19.8 Å². The number of hydrogen-bond acceptors (Lipinski definition) is 10. The van der Waals surface area contributed by atoms with Crippen LogP contribution >= 0.6 is 0 Å². The van der Waals surface area contributed by atoms with Gasteiger partial charge in [-0.25, -0.2) is 4.68 Å². The number of hydrogen-bond donors (Lipinski definition) is 1. The molecule has 1 unspecified atom stereocenters. The topological polar surface area (TPSA) is 161 Å². The third-order valence-electron chi connectivity index (χ3n) is 5.79. The van der Waals surface area contributed by atoms with Crippen molar-refractivity contribution in [3.63, 3.8) is 0 Å². The van der Waals surface area contributed by atoms with Crippen LogP contribution < -0.4 is 14.8 Å². The Labute approximate surface area is 229 Å². The van der Waals surface area contributed by atoms with Gasteiger partial charge in [0.1, 0.15) is 24.1 Å². The van der Waals surface area contributed by atoms with Crippen LogP contribution in [-0.2, 0) is 11.3 Å². The molecular formula is C27H26N8O5. The summed E-state index contributed by atoms with van der Waals surface area (Å²) in [6, 6.07) is 23.7. The lowest BCUT2D eigenvalue weighted by atomic mass is 10.2. The maximum atomic E-state index is 12.9. The van der Waals surface area contributed by atoms with Crippen molar-refractivity contribution in [3.05, 3.63) is 94.8 Å². The van der Waals surface area contributed by atoms with Crippen molar-refractivity contribution in [1.29, 1.82) is 5.26 Å². The minimum Gasteiger partial charge on any atom is -0.485 e. The number of carbonyl (C=O) groups excluding carboxylic acids is 1. The lowest BCUT2D eigenvalue weighted by Gasteiger charge is -2.26. The highest BCUT2D eigenvalue weighted by Gasteiger charge is 2.27. The molecule has 0 saturated carbocycles. The first-order valence-corrected chi connectivity index (χ1v) is 12.3. The largest absolute Gasteiger partial charge is 0.485 e. The Kier molecular flexibility index (Phi) is 9.30. The number of amides is 1. The van der Waals surface area contributed by atoms with Crippen molar-refractivity contribution in [2.45, 2.75) is 19.0 Å². The highest BCUT2D eigenvalue weighted by molar-refractivity contribution is 5.92. The molecule has 204 valence electrons. The zero-order valence-corrected chi connectivity index (χ0v) is 21.6. The third-order valence-corrected chi connectivity index (χ3v) is 5.79. The van der Waals surface area contributed by atoms with Gasteiger partial charge in [0.25, 0.3) is 0 Å². The maximum absolute atomic E-state index is 12.9. The molecule has 0 saturated heterocycles. The highest BCUT2D eigenvalue weighted by Crippen LogP contribution is 2.28. The Hall–Kier alpha value is -5.35. The van der Waals surface area contributed by atoms with Crippen LogP contribution in [-0.4, -0.2) is 56.1 Å². The lowest BCUT2D eigenvalue weighted by Crippen LogP contribution is -2.37. The number of benzene rings is 3. The number of ether oxygens (including phenoxy) is 2. The summed E-state index contributed by atoms with van der Waals surface area (Å²) in [5.74, 6) is 1.44. The predicted molar refractivity (Wildman–Crippen MR) is 144 cm³/mol. The molecule has 13 nitrogen and oxygen atoms in total. The van der Waals surface area contributed by atoms with Gasteiger partial charge in [0.15, 0.2) is 11.6 Å². The predicted octanol–water partition coefficient (Wildman–Crippen LogP) is 3.98. The molecule has 3 aromatic carbocycles. The number of tetrazole rings is 1. The molecule has 13 heteroatoms. The van der Waals surface area contributed by atoms with E-state index in [4.69, 9.17) is 14.7 Å². The van der Waals surface area contributed by atoms with Gasteiger partial charge in [-0.1, -0.05) is 30.3 Å². The molecular weight excluding hydrogens is 516 g/mol. The molecule has 0 bridgehead atoms. The first-order valence-electron chi connectivity index (χ1n) is 12.3. The summed E-state index contributed by atoms with van der Waals surface area (Å²) in [5, 5.41) is 35.0. The number of nitrogens with zero attached hydrogens (tertiary/aromatic N) is 7. The number of nitro benzene ring substituents is 1. The molecule has 0 aliphatic carbocycles. The average molecular weight is 543 g/mol. The highest BCUT2D eigenvalue weighted by atomic mass is 16.6. The molecule has 0 aliphatic heterocycles. The average Bonchev–Trinajstić information content (AvgIpc) is 3.42. The molecule has 0 aliphatic rings. The molecule has 1 N–H and O–H groups in total. The van der Waals surface area contributed by atoms with Gasteiger partial charge < -0.3 is 14.8 Å². The smallest absolute Gasteiger partial charge is 0.310 e. The van der Waals surface area contributed by atoms with Crippen LogP contribution in [0.5, 0.6) is 17.2 Å². The monoisotopic (exact) mass is 542 g/mol. The van der Waals surface area contributed by atoms with Gasteiger partial charge in [-0.2, -0.15) is 5.26 Å². The number of nitrogens with one attached hydrogen (secondary N) is 1. The van der Waals surface area contributed by atoms with Crippen LogP contribution in [0.1, 0.15) is 18.3 Å². The van der Waals surface area contributed by atoms with Crippen molar-refractivity contribution < 1.29 is 19.2 Å². The van der Waals surface area contributed by atoms with Crippen LogP contribution in [0.15, 0.2) is 78.9 Å². The zero-order chi connectivity index (χ0) is 28.3. The van der Waals surface area contributed by atoms with Gasteiger partial charge in [-0.15, -0.1) is 5.10 Å². The minimum atomic E-state index is -0.666. The Balaban J connectivity index is 1.45. The minimum absolute atomic E-state index is 0.0711. The summed E-state index contributed by atoms with van der Waals surface area (Å²) in [7, 11) is 1.69. The number of likely N-dealkylation sites (N-methyl/N-ethyl adjacent to an activating group) is 1. The second-order valence-corrected chi connectivity index (χ2v) is 8.62. The second kappa shape index (κ2) is 13.4. The Morgan fingerprint density at radius 2 is 1.80 bits per heavy atom. The van der Waals surface area contributed by atoms with Gasteiger partial charge in [-0.05, 0) is 59.9 Å². The van der Waals surface area contributed by atoms with Gasteiger partial charge in [0.05, 0.1) is 30.5 Å². The fraction of sp³-hybridized carbons (Fsp3) is 0.222. The number of nitro groups is 1. The van der Waals surface area contributed by atoms with E-state index in [1.807, 2.05) is 36.4 Å². The van der Waals surface area contributed by atoms with Crippen LogP contribution in [0.3, 0.4) is 0 Å². The van der Waals surface area contributed by atoms with E-state index in [2.05, 4.69) is 20.8 Å². The van der Waals surface area contributed by atoms with Crippen LogP contribution in [0, 0.1) is 21.4 Å². The van der Waals surface area contributed by atoms with E-state index in [0.717, 1.165) is 0 Å². The van der Waals surface area contributed by atoms with E-state index in [1.165, 1.54) is 16.8 Å². The molecule has 0 radical (unpaired) electrons. The molecule has 40 heavy (non-hydrogen) atoms. The standard InChI is InChI=1S/C27H26N8O5/c1-33(18-26(36)29-20-12-14-22(15-13-20)40-21-8-3-2-4-9-21)24(27-30-31-32-34(27)17-7-16-28)19-39-25-11-6-5-10-23(25)35(37)38/h2-6,8-15,24H,7,17-19H2,1H3,(H,29,36). The number of aromatic nitrogens is 4. The second-order valence-electron chi connectivity index (χ2n) is 8.62. The third kappa shape index (κ3) is 7.36. The Morgan fingerprint density at radius 1 is 1.10 bits per heavy atom. The quantitative estimate of drug-likeness (QED) is 0.193. The first kappa shape index (κ1) is 27.7. The fourth-order valence-corrected chi connectivity index (χ4v) is 3.83. The summed E-state index contributed by atoms with van der Waals surface area (Å²) < 4.78 is 13.1. The lowest BCUT2D eigenvalue weighted by molar-refractivity contribution is -0.385. The number of aryl methyl sites for hydroxylation is 1. The van der Waals surface area contributed by atoms with E-state index in [-0.39, 0.29) is 43.5 Å². The molecule has 1 aromatic heterocycles. The van der Waals surface area contributed by atoms with Crippen LogP contribution in [0.25, 0.3) is 0 Å². The van der Waals surface area contributed by atoms with Gasteiger partial charge in [0, 0.05) is 11.8 Å². The molecule has 4 aromatic rings. The maximum Gasteiger partial charge on any atom is 0.310 e. The first-order chi connectivity index (χ1) is 19.4. The van der Waals surface area contributed by atoms with Crippen molar-refractivity contribution in [3.8, 4) is 23.3 Å². The van der Waals surface area contributed by atoms with E-state index >= 15 is 0 Å². The van der Waals surface area contributed by atoms with Crippen molar-refractivity contribution in [2.75, 3.05) is 25.5 Å². The van der Waals surface area contributed by atoms with E-state index < -0.39 is 11.0 Å². The van der Waals surface area contributed by atoms with E-state index in [1.54, 1.807) is 48.3 Å². The van der Waals surface area contributed by atoms with E-state index in [9.17, 15) is 14.9 Å². The molecule has 1 amide bonds. The van der Waals surface area contributed by atoms with Gasteiger partial charge in [0.2, 0.25) is 5.91 Å². The van der Waals surface area contributed by atoms with Crippen LogP contribution in [0.4, 0.5) is 11.4 Å². The number of anilines is 1. The van der Waals surface area contributed by atoms with Crippen LogP contribution in [0.2, 0.25) is 0 Å². The summed E-state index contributed by atoms with van der Waals surface area (Å²) in [6.45, 7) is 0.0730. The number of carbonyl (C=O) groups is 1. The summed E-state index contributed by atoms with van der Waals surface area (Å²) >= 11 is 0. The van der Waals surface area contributed by atoms with E-state index in [0.29, 0.717) is 23.0 Å². The summed E-state index contributed by atoms with van der Waals surface area (Å²) in [4.78, 5) is 25.5. The molecule has 4 rings (SSSR count). The molecule has 1 heterocycles. The SMILES string of the molecule is CN(CC(=O)Nc1ccc(Oc2ccccc2)cc1)C(COc1ccccc1[N+](=O)[O-])c1nnnn1CCC#N. The van der Waals surface area contributed by atoms with Crippen molar-refractivity contribution in [2.24, 2.45) is 0 Å². The number of rotatable bonds is 13. The van der Waals surface area contributed by atoms with Gasteiger partial charge >= 0.3 is 5.69 Å². The van der Waals surface area contributed by atoms with Crippen molar-refractivity contribution >= 4 is 17.3 Å². The zero-order valence-electron chi connectivity index (χ0n) is 21.6.